The monoisotopic (exact) mass is 334 g/mol. The molecule has 0 aliphatic heterocycles. The van der Waals surface area contributed by atoms with Crippen molar-refractivity contribution in [2.45, 2.75) is 58.8 Å². The van der Waals surface area contributed by atoms with Crippen molar-refractivity contribution in [1.82, 2.24) is 0 Å². The number of halogens is 3. The Morgan fingerprint density at radius 1 is 0.917 bits per heavy atom. The van der Waals surface area contributed by atoms with Gasteiger partial charge in [-0.15, -0.1) is 0 Å². The first-order valence-corrected chi connectivity index (χ1v) is 9.07. The third-order valence-corrected chi connectivity index (χ3v) is 5.76. The molecular weight excluding hydrogens is 309 g/mol. The molecule has 1 aliphatic rings. The lowest BCUT2D eigenvalue weighted by Gasteiger charge is -2.27. The first-order chi connectivity index (χ1) is 11.5. The fourth-order valence-electron chi connectivity index (χ4n) is 4.01. The molecule has 0 nitrogen and oxygen atoms in total. The third-order valence-electron chi connectivity index (χ3n) is 5.76. The lowest BCUT2D eigenvalue weighted by atomic mass is 9.78. The van der Waals surface area contributed by atoms with Gasteiger partial charge in [0.05, 0.1) is 5.39 Å². The van der Waals surface area contributed by atoms with E-state index in [1.54, 1.807) is 25.1 Å². The molecule has 2 aromatic rings. The number of hydrogen-bond donors (Lipinski definition) is 0. The second kappa shape index (κ2) is 7.16. The van der Waals surface area contributed by atoms with E-state index in [-0.39, 0.29) is 5.39 Å². The van der Waals surface area contributed by atoms with Gasteiger partial charge in [-0.05, 0) is 54.2 Å². The van der Waals surface area contributed by atoms with Gasteiger partial charge in [0, 0.05) is 0 Å². The molecule has 0 atom stereocenters. The maximum absolute atomic E-state index is 14.4. The molecule has 0 bridgehead atoms. The quantitative estimate of drug-likeness (QED) is 0.582. The predicted molar refractivity (Wildman–Crippen MR) is 92.6 cm³/mol. The van der Waals surface area contributed by atoms with E-state index >= 15 is 0 Å². The Kier molecular flexibility index (Phi) is 5.17. The van der Waals surface area contributed by atoms with Crippen LogP contribution in [0.4, 0.5) is 13.2 Å². The van der Waals surface area contributed by atoms with Crippen LogP contribution in [0.15, 0.2) is 18.2 Å². The van der Waals surface area contributed by atoms with Crippen molar-refractivity contribution >= 4 is 10.8 Å². The number of rotatable bonds is 4. The minimum atomic E-state index is -1.04. The standard InChI is InChI=1S/C21H25F3/c1-3-14-5-7-15(8-6-14)9-11-17-12-16-10-4-13(2)19(22)18(16)21(24)20(17)23/h4,10,12,14-15H,3,5-9,11H2,1-2H3. The summed E-state index contributed by atoms with van der Waals surface area (Å²) in [5, 5.41) is 0.224. The summed E-state index contributed by atoms with van der Waals surface area (Å²) in [5.74, 6) is -1.15. The minimum absolute atomic E-state index is 0.222. The second-order valence-electron chi connectivity index (χ2n) is 7.29. The summed E-state index contributed by atoms with van der Waals surface area (Å²) in [5.41, 5.74) is 0.710. The van der Waals surface area contributed by atoms with Crippen LogP contribution in [0.5, 0.6) is 0 Å². The molecule has 1 aliphatic carbocycles. The van der Waals surface area contributed by atoms with E-state index in [1.165, 1.54) is 32.1 Å². The van der Waals surface area contributed by atoms with Crippen LogP contribution >= 0.6 is 0 Å². The Balaban J connectivity index is 1.78. The predicted octanol–water partition coefficient (Wildman–Crippen LogP) is 6.71. The van der Waals surface area contributed by atoms with E-state index in [1.807, 2.05) is 0 Å². The minimum Gasteiger partial charge on any atom is -0.206 e. The highest BCUT2D eigenvalue weighted by Gasteiger charge is 2.22. The van der Waals surface area contributed by atoms with Crippen LogP contribution in [0.3, 0.4) is 0 Å². The van der Waals surface area contributed by atoms with Gasteiger partial charge >= 0.3 is 0 Å². The normalized spacial score (nSPS) is 21.4. The summed E-state index contributed by atoms with van der Waals surface area (Å²) in [4.78, 5) is 0. The first-order valence-electron chi connectivity index (χ1n) is 9.07. The van der Waals surface area contributed by atoms with E-state index in [0.717, 1.165) is 12.3 Å². The zero-order valence-corrected chi connectivity index (χ0v) is 14.5. The lowest BCUT2D eigenvalue weighted by molar-refractivity contribution is 0.258. The summed E-state index contributed by atoms with van der Waals surface area (Å²) >= 11 is 0. The average molecular weight is 334 g/mol. The molecule has 24 heavy (non-hydrogen) atoms. The van der Waals surface area contributed by atoms with Crippen LogP contribution < -0.4 is 0 Å². The van der Waals surface area contributed by atoms with E-state index in [4.69, 9.17) is 0 Å². The SMILES string of the molecule is CCC1CCC(CCc2cc3ccc(C)c(F)c3c(F)c2F)CC1. The van der Waals surface area contributed by atoms with Gasteiger partial charge < -0.3 is 0 Å². The largest absolute Gasteiger partial charge is 0.206 e. The molecular formula is C21H25F3. The summed E-state index contributed by atoms with van der Waals surface area (Å²) in [6.07, 6.45) is 7.51. The Morgan fingerprint density at radius 2 is 1.58 bits per heavy atom. The fourth-order valence-corrected chi connectivity index (χ4v) is 4.01. The van der Waals surface area contributed by atoms with Gasteiger partial charge in [-0.3, -0.25) is 0 Å². The molecule has 0 saturated heterocycles. The van der Waals surface area contributed by atoms with Crippen molar-refractivity contribution in [3.63, 3.8) is 0 Å². The van der Waals surface area contributed by atoms with Gasteiger partial charge in [-0.1, -0.05) is 51.2 Å². The average Bonchev–Trinajstić information content (AvgIpc) is 2.60. The first kappa shape index (κ1) is 17.3. The van der Waals surface area contributed by atoms with Crippen molar-refractivity contribution < 1.29 is 13.2 Å². The number of aryl methyl sites for hydroxylation is 2. The van der Waals surface area contributed by atoms with Crippen LogP contribution in [0.25, 0.3) is 10.8 Å². The van der Waals surface area contributed by atoms with Crippen LogP contribution in [0.1, 0.15) is 56.6 Å². The van der Waals surface area contributed by atoms with Gasteiger partial charge in [0.1, 0.15) is 5.82 Å². The van der Waals surface area contributed by atoms with E-state index in [9.17, 15) is 13.2 Å². The Morgan fingerprint density at radius 3 is 2.25 bits per heavy atom. The molecule has 0 heterocycles. The Hall–Kier alpha value is -1.51. The van der Waals surface area contributed by atoms with Crippen molar-refractivity contribution in [2.75, 3.05) is 0 Å². The zero-order valence-electron chi connectivity index (χ0n) is 14.5. The summed E-state index contributed by atoms with van der Waals surface area (Å²) in [6.45, 7) is 3.80. The lowest BCUT2D eigenvalue weighted by Crippen LogP contribution is -2.14. The van der Waals surface area contributed by atoms with E-state index in [0.29, 0.717) is 28.9 Å². The molecule has 3 heteroatoms. The molecule has 0 aromatic heterocycles. The number of benzene rings is 2. The van der Waals surface area contributed by atoms with Crippen molar-refractivity contribution in [3.8, 4) is 0 Å². The molecule has 0 radical (unpaired) electrons. The number of hydrogen-bond acceptors (Lipinski definition) is 0. The van der Waals surface area contributed by atoms with Gasteiger partial charge in [-0.2, -0.15) is 0 Å². The summed E-state index contributed by atoms with van der Waals surface area (Å²) in [7, 11) is 0. The van der Waals surface area contributed by atoms with E-state index < -0.39 is 17.5 Å². The maximum Gasteiger partial charge on any atom is 0.169 e. The molecule has 0 N–H and O–H groups in total. The highest BCUT2D eigenvalue weighted by Crippen LogP contribution is 2.34. The van der Waals surface area contributed by atoms with Gasteiger partial charge in [0.25, 0.3) is 0 Å². The highest BCUT2D eigenvalue weighted by molar-refractivity contribution is 5.85. The number of fused-ring (bicyclic) bond motifs is 1. The molecule has 1 fully saturated rings. The van der Waals surface area contributed by atoms with E-state index in [2.05, 4.69) is 6.92 Å². The molecule has 130 valence electrons. The van der Waals surface area contributed by atoms with Crippen LogP contribution in [0, 0.1) is 36.2 Å². The molecule has 0 spiro atoms. The van der Waals surface area contributed by atoms with Crippen LogP contribution in [0.2, 0.25) is 0 Å². The smallest absolute Gasteiger partial charge is 0.169 e. The molecule has 3 rings (SSSR count). The van der Waals surface area contributed by atoms with Crippen LogP contribution in [-0.2, 0) is 6.42 Å². The van der Waals surface area contributed by atoms with Crippen molar-refractivity contribution in [2.24, 2.45) is 11.8 Å². The van der Waals surface area contributed by atoms with Crippen molar-refractivity contribution in [1.29, 1.82) is 0 Å². The summed E-state index contributed by atoms with van der Waals surface area (Å²) < 4.78 is 42.8. The topological polar surface area (TPSA) is 0 Å². The zero-order chi connectivity index (χ0) is 17.3. The highest BCUT2D eigenvalue weighted by atomic mass is 19.2. The Bertz CT molecular complexity index is 728. The maximum atomic E-state index is 14.4. The second-order valence-corrected chi connectivity index (χ2v) is 7.29. The molecule has 2 aromatic carbocycles. The van der Waals surface area contributed by atoms with Crippen molar-refractivity contribution in [3.05, 3.63) is 46.8 Å². The Labute approximate surface area is 142 Å². The summed E-state index contributed by atoms with van der Waals surface area (Å²) in [6, 6.07) is 4.91. The molecule has 0 unspecified atom stereocenters. The molecule has 0 amide bonds. The van der Waals surface area contributed by atoms with Crippen LogP contribution in [-0.4, -0.2) is 0 Å². The van der Waals surface area contributed by atoms with Gasteiger partial charge in [-0.25, -0.2) is 13.2 Å². The van der Waals surface area contributed by atoms with Gasteiger partial charge in [0.15, 0.2) is 11.6 Å². The van der Waals surface area contributed by atoms with Gasteiger partial charge in [0.2, 0.25) is 0 Å². The molecule has 1 saturated carbocycles. The third kappa shape index (κ3) is 3.31. The fraction of sp³-hybridized carbons (Fsp3) is 0.524.